The fourth-order valence-electron chi connectivity index (χ4n) is 2.69. The minimum absolute atomic E-state index is 0.461. The molecule has 4 rings (SSSR count). The maximum Gasteiger partial charge on any atom is 0.216 e. The van der Waals surface area contributed by atoms with Gasteiger partial charge in [0.25, 0.3) is 0 Å². The summed E-state index contributed by atoms with van der Waals surface area (Å²) in [6, 6.07) is 16.2. The Bertz CT molecular complexity index is 1100. The summed E-state index contributed by atoms with van der Waals surface area (Å²) in [5, 5.41) is 12.8. The number of fused-ring (bicyclic) bond motifs is 1. The number of benzene rings is 2. The second-order valence-corrected chi connectivity index (χ2v) is 5.95. The molecular formula is C18H15N5S. The van der Waals surface area contributed by atoms with Crippen molar-refractivity contribution in [1.82, 2.24) is 19.9 Å². The molecule has 2 aromatic heterocycles. The second kappa shape index (κ2) is 5.90. The lowest BCUT2D eigenvalue weighted by molar-refractivity contribution is 0.871. The molecule has 118 valence electrons. The molecule has 0 aliphatic heterocycles. The van der Waals surface area contributed by atoms with Crippen LogP contribution in [0.1, 0.15) is 11.1 Å². The summed E-state index contributed by atoms with van der Waals surface area (Å²) in [5.74, 6) is 0.694. The van der Waals surface area contributed by atoms with Crippen LogP contribution in [0.2, 0.25) is 0 Å². The van der Waals surface area contributed by atoms with Crippen LogP contribution >= 0.6 is 12.2 Å². The number of nitrogens with one attached hydrogen (secondary N) is 2. The van der Waals surface area contributed by atoms with E-state index >= 15 is 0 Å². The fourth-order valence-corrected chi connectivity index (χ4v) is 2.87. The van der Waals surface area contributed by atoms with Crippen molar-refractivity contribution < 1.29 is 0 Å². The van der Waals surface area contributed by atoms with E-state index < -0.39 is 0 Å². The standard InChI is InChI=1S/C18H15N5S/c1-12-5-4-6-13(9-12)17-21-22-18(24)23(17)20-11-14-10-19-16-8-3-2-7-15(14)16/h2-11,19H,1H3,(H,22,24). The summed E-state index contributed by atoms with van der Waals surface area (Å²) < 4.78 is 2.11. The summed E-state index contributed by atoms with van der Waals surface area (Å²) >= 11 is 5.32. The Labute approximate surface area is 143 Å². The Balaban J connectivity index is 1.78. The Kier molecular flexibility index (Phi) is 3.59. The third-order valence-corrected chi connectivity index (χ3v) is 4.12. The Morgan fingerprint density at radius 3 is 2.92 bits per heavy atom. The van der Waals surface area contributed by atoms with Crippen LogP contribution in [0.25, 0.3) is 22.3 Å². The van der Waals surface area contributed by atoms with Crippen molar-refractivity contribution in [2.24, 2.45) is 5.10 Å². The predicted octanol–water partition coefficient (Wildman–Crippen LogP) is 4.28. The summed E-state index contributed by atoms with van der Waals surface area (Å²) in [4.78, 5) is 3.24. The van der Waals surface area contributed by atoms with Gasteiger partial charge in [0, 0.05) is 28.2 Å². The minimum atomic E-state index is 0.461. The topological polar surface area (TPSA) is 61.8 Å². The van der Waals surface area contributed by atoms with E-state index in [2.05, 4.69) is 32.4 Å². The van der Waals surface area contributed by atoms with Gasteiger partial charge in [-0.3, -0.25) is 0 Å². The number of aromatic nitrogens is 4. The van der Waals surface area contributed by atoms with Gasteiger partial charge < -0.3 is 4.98 Å². The van der Waals surface area contributed by atoms with E-state index in [1.807, 2.05) is 49.5 Å². The molecule has 0 aliphatic carbocycles. The molecule has 0 fully saturated rings. The third-order valence-electron chi connectivity index (χ3n) is 3.86. The molecule has 0 amide bonds. The first-order chi connectivity index (χ1) is 11.7. The number of aryl methyl sites for hydroxylation is 1. The molecule has 0 atom stereocenters. The van der Waals surface area contributed by atoms with Crippen molar-refractivity contribution in [2.75, 3.05) is 0 Å². The molecule has 0 saturated carbocycles. The van der Waals surface area contributed by atoms with E-state index in [4.69, 9.17) is 12.2 Å². The van der Waals surface area contributed by atoms with Crippen molar-refractivity contribution >= 4 is 29.3 Å². The summed E-state index contributed by atoms with van der Waals surface area (Å²) in [6.45, 7) is 2.05. The number of H-pyrrole nitrogens is 2. The Morgan fingerprint density at radius 2 is 2.04 bits per heavy atom. The molecule has 2 heterocycles. The smallest absolute Gasteiger partial charge is 0.216 e. The minimum Gasteiger partial charge on any atom is -0.361 e. The maximum atomic E-state index is 5.32. The van der Waals surface area contributed by atoms with Gasteiger partial charge in [-0.1, -0.05) is 42.0 Å². The van der Waals surface area contributed by atoms with Gasteiger partial charge in [0.1, 0.15) is 0 Å². The lowest BCUT2D eigenvalue weighted by Gasteiger charge is -2.01. The average molecular weight is 333 g/mol. The monoisotopic (exact) mass is 333 g/mol. The molecule has 4 aromatic rings. The summed E-state index contributed by atoms with van der Waals surface area (Å²) in [7, 11) is 0. The van der Waals surface area contributed by atoms with Crippen molar-refractivity contribution in [3.63, 3.8) is 0 Å². The lowest BCUT2D eigenvalue weighted by Crippen LogP contribution is -1.95. The van der Waals surface area contributed by atoms with Gasteiger partial charge in [-0.2, -0.15) is 14.9 Å². The number of rotatable bonds is 3. The SMILES string of the molecule is Cc1cccc(-c2n[nH]c(=S)n2N=Cc2c[nH]c3ccccc23)c1. The number of nitrogens with zero attached hydrogens (tertiary/aromatic N) is 3. The van der Waals surface area contributed by atoms with Crippen molar-refractivity contribution in [3.8, 4) is 11.4 Å². The van der Waals surface area contributed by atoms with E-state index in [9.17, 15) is 0 Å². The zero-order valence-corrected chi connectivity index (χ0v) is 13.8. The van der Waals surface area contributed by atoms with Crippen molar-refractivity contribution in [3.05, 3.63) is 70.6 Å². The highest BCUT2D eigenvalue weighted by atomic mass is 32.1. The first kappa shape index (κ1) is 14.6. The molecule has 5 nitrogen and oxygen atoms in total. The molecule has 0 aliphatic rings. The fraction of sp³-hybridized carbons (Fsp3) is 0.0556. The maximum absolute atomic E-state index is 5.32. The number of hydrogen-bond donors (Lipinski definition) is 2. The van der Waals surface area contributed by atoms with Crippen LogP contribution in [-0.4, -0.2) is 26.1 Å². The van der Waals surface area contributed by atoms with Gasteiger partial charge >= 0.3 is 0 Å². The van der Waals surface area contributed by atoms with Crippen LogP contribution in [0.5, 0.6) is 0 Å². The van der Waals surface area contributed by atoms with Crippen molar-refractivity contribution in [2.45, 2.75) is 6.92 Å². The summed E-state index contributed by atoms with van der Waals surface area (Å²) in [5.41, 5.74) is 4.21. The second-order valence-electron chi connectivity index (χ2n) is 5.57. The third kappa shape index (κ3) is 2.57. The van der Waals surface area contributed by atoms with Gasteiger partial charge in [0.05, 0.1) is 6.21 Å². The Morgan fingerprint density at radius 1 is 1.17 bits per heavy atom. The van der Waals surface area contributed by atoms with Gasteiger partial charge in [-0.25, -0.2) is 5.10 Å². The van der Waals surface area contributed by atoms with Gasteiger partial charge in [0.15, 0.2) is 5.82 Å². The van der Waals surface area contributed by atoms with Crippen LogP contribution < -0.4 is 0 Å². The molecule has 2 aromatic carbocycles. The quantitative estimate of drug-likeness (QED) is 0.434. The highest BCUT2D eigenvalue weighted by Crippen LogP contribution is 2.19. The van der Waals surface area contributed by atoms with E-state index in [1.54, 1.807) is 10.9 Å². The molecule has 0 radical (unpaired) electrons. The van der Waals surface area contributed by atoms with E-state index in [-0.39, 0.29) is 0 Å². The first-order valence-corrected chi connectivity index (χ1v) is 7.98. The predicted molar refractivity (Wildman–Crippen MR) is 98.9 cm³/mol. The molecule has 0 unspecified atom stereocenters. The number of para-hydroxylation sites is 1. The van der Waals surface area contributed by atoms with Crippen LogP contribution in [-0.2, 0) is 0 Å². The Hall–Kier alpha value is -2.99. The highest BCUT2D eigenvalue weighted by Gasteiger charge is 2.08. The van der Waals surface area contributed by atoms with Gasteiger partial charge in [-0.15, -0.1) is 0 Å². The van der Waals surface area contributed by atoms with E-state index in [0.717, 1.165) is 27.6 Å². The molecule has 6 heteroatoms. The lowest BCUT2D eigenvalue weighted by atomic mass is 10.1. The van der Waals surface area contributed by atoms with Gasteiger partial charge in [-0.05, 0) is 31.3 Å². The largest absolute Gasteiger partial charge is 0.361 e. The normalized spacial score (nSPS) is 11.5. The molecule has 2 N–H and O–H groups in total. The zero-order valence-electron chi connectivity index (χ0n) is 13.0. The van der Waals surface area contributed by atoms with Gasteiger partial charge in [0.2, 0.25) is 4.77 Å². The molecule has 0 bridgehead atoms. The molecular weight excluding hydrogens is 318 g/mol. The zero-order chi connectivity index (χ0) is 16.5. The van der Waals surface area contributed by atoms with E-state index in [1.165, 1.54) is 0 Å². The first-order valence-electron chi connectivity index (χ1n) is 7.57. The van der Waals surface area contributed by atoms with Crippen LogP contribution in [0.4, 0.5) is 0 Å². The van der Waals surface area contributed by atoms with E-state index in [0.29, 0.717) is 10.6 Å². The van der Waals surface area contributed by atoms with Crippen LogP contribution in [0, 0.1) is 11.7 Å². The molecule has 0 saturated heterocycles. The van der Waals surface area contributed by atoms with Crippen LogP contribution in [0.15, 0.2) is 59.8 Å². The van der Waals surface area contributed by atoms with Crippen molar-refractivity contribution in [1.29, 1.82) is 0 Å². The molecule has 24 heavy (non-hydrogen) atoms. The summed E-state index contributed by atoms with van der Waals surface area (Å²) in [6.07, 6.45) is 3.73. The number of aromatic amines is 2. The highest BCUT2D eigenvalue weighted by molar-refractivity contribution is 7.71. The number of hydrogen-bond acceptors (Lipinski definition) is 3. The molecule has 0 spiro atoms. The van der Waals surface area contributed by atoms with Crippen LogP contribution in [0.3, 0.4) is 0 Å². The average Bonchev–Trinajstić information content (AvgIpc) is 3.16.